The molecule has 0 amide bonds. The highest BCUT2D eigenvalue weighted by Gasteiger charge is 2.13. The molecule has 18 heavy (non-hydrogen) atoms. The van der Waals surface area contributed by atoms with Gasteiger partial charge in [-0.2, -0.15) is 0 Å². The van der Waals surface area contributed by atoms with Crippen molar-refractivity contribution in [2.24, 2.45) is 0 Å². The number of rotatable bonds is 3. The Balaban J connectivity index is 2.27. The lowest BCUT2D eigenvalue weighted by molar-refractivity contribution is 0.0991. The maximum atomic E-state index is 13.4. The molecule has 1 heterocycles. The van der Waals surface area contributed by atoms with Crippen molar-refractivity contribution in [2.45, 2.75) is 13.3 Å². The first-order valence-corrected chi connectivity index (χ1v) is 5.45. The summed E-state index contributed by atoms with van der Waals surface area (Å²) in [4.78, 5) is 15.8. The van der Waals surface area contributed by atoms with Crippen molar-refractivity contribution in [1.82, 2.24) is 4.98 Å². The SMILES string of the molecule is Cc1ccncc1C(=O)Cc1cc(F)ccc1F. The van der Waals surface area contributed by atoms with Crippen molar-refractivity contribution in [3.05, 3.63) is 65.0 Å². The van der Waals surface area contributed by atoms with E-state index in [-0.39, 0.29) is 17.8 Å². The van der Waals surface area contributed by atoms with E-state index in [2.05, 4.69) is 4.98 Å². The monoisotopic (exact) mass is 247 g/mol. The van der Waals surface area contributed by atoms with Gasteiger partial charge in [0.2, 0.25) is 0 Å². The first-order chi connectivity index (χ1) is 8.58. The molecular weight excluding hydrogens is 236 g/mol. The molecule has 2 aromatic rings. The molecule has 92 valence electrons. The van der Waals surface area contributed by atoms with Gasteiger partial charge in [0.25, 0.3) is 0 Å². The van der Waals surface area contributed by atoms with Gasteiger partial charge in [-0.05, 0) is 42.3 Å². The Morgan fingerprint density at radius 1 is 1.28 bits per heavy atom. The molecule has 4 heteroatoms. The fourth-order valence-electron chi connectivity index (χ4n) is 1.70. The second-order valence-corrected chi connectivity index (χ2v) is 4.03. The van der Waals surface area contributed by atoms with Crippen LogP contribution in [0, 0.1) is 18.6 Å². The van der Waals surface area contributed by atoms with Gasteiger partial charge in [-0.3, -0.25) is 9.78 Å². The fraction of sp³-hybridized carbons (Fsp3) is 0.143. The summed E-state index contributed by atoms with van der Waals surface area (Å²) in [5, 5.41) is 0. The van der Waals surface area contributed by atoms with E-state index in [1.165, 1.54) is 6.20 Å². The van der Waals surface area contributed by atoms with Gasteiger partial charge in [-0.25, -0.2) is 8.78 Å². The normalized spacial score (nSPS) is 10.4. The Hall–Kier alpha value is -2.10. The van der Waals surface area contributed by atoms with Crippen molar-refractivity contribution in [1.29, 1.82) is 0 Å². The summed E-state index contributed by atoms with van der Waals surface area (Å²) in [6, 6.07) is 4.79. The molecule has 0 spiro atoms. The van der Waals surface area contributed by atoms with Crippen molar-refractivity contribution in [2.75, 3.05) is 0 Å². The van der Waals surface area contributed by atoms with Crippen LogP contribution < -0.4 is 0 Å². The van der Waals surface area contributed by atoms with Gasteiger partial charge < -0.3 is 0 Å². The molecular formula is C14H11F2NO. The first-order valence-electron chi connectivity index (χ1n) is 5.45. The zero-order valence-corrected chi connectivity index (χ0v) is 9.78. The lowest BCUT2D eigenvalue weighted by Crippen LogP contribution is -2.07. The van der Waals surface area contributed by atoms with Crippen LogP contribution in [0.25, 0.3) is 0 Å². The highest BCUT2D eigenvalue weighted by atomic mass is 19.1. The van der Waals surface area contributed by atoms with Gasteiger partial charge in [0, 0.05) is 24.4 Å². The van der Waals surface area contributed by atoms with E-state index in [1.807, 2.05) is 0 Å². The van der Waals surface area contributed by atoms with Crippen LogP contribution in [0.15, 0.2) is 36.7 Å². The number of aryl methyl sites for hydroxylation is 1. The number of Topliss-reactive ketones (excluding diaryl/α,β-unsaturated/α-hetero) is 1. The maximum absolute atomic E-state index is 13.4. The van der Waals surface area contributed by atoms with Crippen molar-refractivity contribution < 1.29 is 13.6 Å². The first kappa shape index (κ1) is 12.4. The van der Waals surface area contributed by atoms with E-state index < -0.39 is 11.6 Å². The number of carbonyl (C=O) groups is 1. The Morgan fingerprint density at radius 2 is 2.06 bits per heavy atom. The Kier molecular flexibility index (Phi) is 3.46. The van der Waals surface area contributed by atoms with Crippen molar-refractivity contribution >= 4 is 5.78 Å². The van der Waals surface area contributed by atoms with Crippen LogP contribution in [0.5, 0.6) is 0 Å². The molecule has 0 aliphatic carbocycles. The molecule has 0 saturated heterocycles. The van der Waals surface area contributed by atoms with Crippen LogP contribution in [0.2, 0.25) is 0 Å². The molecule has 0 saturated carbocycles. The van der Waals surface area contributed by atoms with Crippen LogP contribution >= 0.6 is 0 Å². The highest BCUT2D eigenvalue weighted by molar-refractivity contribution is 5.98. The van der Waals surface area contributed by atoms with Crippen LogP contribution in [-0.2, 0) is 6.42 Å². The van der Waals surface area contributed by atoms with Gasteiger partial charge in [0.05, 0.1) is 0 Å². The third kappa shape index (κ3) is 2.59. The van der Waals surface area contributed by atoms with Crippen LogP contribution in [0.1, 0.15) is 21.5 Å². The number of halogens is 2. The molecule has 2 rings (SSSR count). The van der Waals surface area contributed by atoms with Gasteiger partial charge >= 0.3 is 0 Å². The van der Waals surface area contributed by atoms with Crippen molar-refractivity contribution in [3.63, 3.8) is 0 Å². The Morgan fingerprint density at radius 3 is 2.78 bits per heavy atom. The van der Waals surface area contributed by atoms with Gasteiger partial charge in [-0.15, -0.1) is 0 Å². The van der Waals surface area contributed by atoms with E-state index in [4.69, 9.17) is 0 Å². The lowest BCUT2D eigenvalue weighted by atomic mass is 10.0. The summed E-state index contributed by atoms with van der Waals surface area (Å²) >= 11 is 0. The summed E-state index contributed by atoms with van der Waals surface area (Å²) in [6.07, 6.45) is 2.85. The average Bonchev–Trinajstić information content (AvgIpc) is 2.34. The number of benzene rings is 1. The quantitative estimate of drug-likeness (QED) is 0.780. The zero-order chi connectivity index (χ0) is 13.1. The second-order valence-electron chi connectivity index (χ2n) is 4.03. The molecule has 0 fully saturated rings. The van der Waals surface area contributed by atoms with Gasteiger partial charge in [0.1, 0.15) is 11.6 Å². The standard InChI is InChI=1S/C14H11F2NO/c1-9-4-5-17-8-12(9)14(18)7-10-6-11(15)2-3-13(10)16/h2-6,8H,7H2,1H3. The average molecular weight is 247 g/mol. The molecule has 1 aromatic heterocycles. The number of nitrogens with zero attached hydrogens (tertiary/aromatic N) is 1. The molecule has 0 N–H and O–H groups in total. The third-order valence-corrected chi connectivity index (χ3v) is 2.70. The molecule has 0 atom stereocenters. The number of pyridine rings is 1. The van der Waals surface area contributed by atoms with E-state index >= 15 is 0 Å². The largest absolute Gasteiger partial charge is 0.294 e. The van der Waals surface area contributed by atoms with Crippen LogP contribution in [0.4, 0.5) is 8.78 Å². The lowest BCUT2D eigenvalue weighted by Gasteiger charge is -2.05. The minimum atomic E-state index is -0.578. The van der Waals surface area contributed by atoms with E-state index in [0.29, 0.717) is 5.56 Å². The highest BCUT2D eigenvalue weighted by Crippen LogP contribution is 2.14. The predicted molar refractivity (Wildman–Crippen MR) is 63.4 cm³/mol. The summed E-state index contributed by atoms with van der Waals surface area (Å²) in [6.45, 7) is 1.77. The van der Waals surface area contributed by atoms with Crippen LogP contribution in [0.3, 0.4) is 0 Å². The minimum absolute atomic E-state index is 0.0586. The maximum Gasteiger partial charge on any atom is 0.169 e. The van der Waals surface area contributed by atoms with E-state index in [9.17, 15) is 13.6 Å². The smallest absolute Gasteiger partial charge is 0.169 e. The van der Waals surface area contributed by atoms with Crippen LogP contribution in [-0.4, -0.2) is 10.8 Å². The minimum Gasteiger partial charge on any atom is -0.294 e. The fourth-order valence-corrected chi connectivity index (χ4v) is 1.70. The number of carbonyl (C=O) groups excluding carboxylic acids is 1. The van der Waals surface area contributed by atoms with E-state index in [0.717, 1.165) is 23.8 Å². The van der Waals surface area contributed by atoms with Gasteiger partial charge in [-0.1, -0.05) is 0 Å². The molecule has 0 radical (unpaired) electrons. The molecule has 2 nitrogen and oxygen atoms in total. The topological polar surface area (TPSA) is 30.0 Å². The number of hydrogen-bond donors (Lipinski definition) is 0. The molecule has 0 aliphatic rings. The second kappa shape index (κ2) is 5.04. The molecule has 0 unspecified atom stereocenters. The molecule has 1 aromatic carbocycles. The summed E-state index contributed by atoms with van der Waals surface area (Å²) in [5.41, 5.74) is 1.26. The Labute approximate surface area is 103 Å². The molecule has 0 bridgehead atoms. The zero-order valence-electron chi connectivity index (χ0n) is 9.78. The number of aromatic nitrogens is 1. The summed E-state index contributed by atoms with van der Waals surface area (Å²) < 4.78 is 26.4. The summed E-state index contributed by atoms with van der Waals surface area (Å²) in [7, 11) is 0. The predicted octanol–water partition coefficient (Wildman–Crippen LogP) is 3.09. The Bertz CT molecular complexity index is 596. The molecule has 0 aliphatic heterocycles. The summed E-state index contributed by atoms with van der Waals surface area (Å²) in [5.74, 6) is -1.40. The van der Waals surface area contributed by atoms with Crippen molar-refractivity contribution in [3.8, 4) is 0 Å². The number of hydrogen-bond acceptors (Lipinski definition) is 2. The van der Waals surface area contributed by atoms with E-state index in [1.54, 1.807) is 19.2 Å². The third-order valence-electron chi connectivity index (χ3n) is 2.70. The number of ketones is 1. The van der Waals surface area contributed by atoms with Gasteiger partial charge in [0.15, 0.2) is 5.78 Å².